The monoisotopic (exact) mass is 198 g/mol. The average molecular weight is 198 g/mol. The van der Waals surface area contributed by atoms with Crippen molar-refractivity contribution in [3.63, 3.8) is 0 Å². The number of hydrogen-bond acceptors (Lipinski definition) is 3. The van der Waals surface area contributed by atoms with Crippen molar-refractivity contribution in [3.05, 3.63) is 53.8 Å². The molecular weight excluding hydrogens is 188 g/mol. The number of aliphatic imine (C=N–C) groups is 1. The Hall–Kier alpha value is -2.23. The van der Waals surface area contributed by atoms with Crippen molar-refractivity contribution in [1.82, 2.24) is 9.88 Å². The Morgan fingerprint density at radius 1 is 1.40 bits per heavy atom. The summed E-state index contributed by atoms with van der Waals surface area (Å²) < 4.78 is 1.96. The van der Waals surface area contributed by atoms with Crippen LogP contribution in [0.2, 0.25) is 0 Å². The van der Waals surface area contributed by atoms with E-state index in [9.17, 15) is 0 Å². The molecule has 1 aromatic rings. The van der Waals surface area contributed by atoms with Gasteiger partial charge in [-0.25, -0.2) is 4.99 Å². The van der Waals surface area contributed by atoms with E-state index in [0.29, 0.717) is 5.84 Å². The van der Waals surface area contributed by atoms with Crippen LogP contribution in [-0.4, -0.2) is 10.4 Å². The number of amidine groups is 1. The van der Waals surface area contributed by atoms with Gasteiger partial charge in [-0.05, 0) is 24.3 Å². The summed E-state index contributed by atoms with van der Waals surface area (Å²) in [5.74, 6) is 0.537. The van der Waals surface area contributed by atoms with E-state index >= 15 is 0 Å². The molecule has 3 heterocycles. The van der Waals surface area contributed by atoms with Gasteiger partial charge < -0.3 is 15.6 Å². The molecule has 2 aliphatic rings. The fraction of sp³-hybridized carbons (Fsp3) is 0. The van der Waals surface area contributed by atoms with E-state index in [0.717, 1.165) is 17.1 Å². The van der Waals surface area contributed by atoms with Crippen molar-refractivity contribution < 1.29 is 0 Å². The van der Waals surface area contributed by atoms with Gasteiger partial charge >= 0.3 is 0 Å². The number of nitrogens with two attached hydrogens (primary N) is 1. The van der Waals surface area contributed by atoms with Gasteiger partial charge in [-0.1, -0.05) is 0 Å². The van der Waals surface area contributed by atoms with Crippen LogP contribution in [0.25, 0.3) is 6.20 Å². The lowest BCUT2D eigenvalue weighted by molar-refractivity contribution is 1.03. The maximum absolute atomic E-state index is 5.90. The van der Waals surface area contributed by atoms with Crippen LogP contribution in [0.5, 0.6) is 0 Å². The fourth-order valence-corrected chi connectivity index (χ4v) is 1.69. The Balaban J connectivity index is 2.24. The van der Waals surface area contributed by atoms with E-state index in [-0.39, 0.29) is 0 Å². The number of aromatic nitrogens is 1. The normalized spacial score (nSPS) is 17.7. The highest BCUT2D eigenvalue weighted by Crippen LogP contribution is 2.19. The largest absolute Gasteiger partial charge is 0.382 e. The lowest BCUT2D eigenvalue weighted by atomic mass is 10.2. The Morgan fingerprint density at radius 3 is 3.27 bits per heavy atom. The number of rotatable bonds is 0. The van der Waals surface area contributed by atoms with Gasteiger partial charge in [-0.15, -0.1) is 0 Å². The molecule has 0 bridgehead atoms. The Labute approximate surface area is 87.1 Å². The lowest BCUT2D eigenvalue weighted by Gasteiger charge is -2.09. The Morgan fingerprint density at radius 2 is 2.33 bits per heavy atom. The van der Waals surface area contributed by atoms with Gasteiger partial charge in [0.25, 0.3) is 0 Å². The molecule has 0 amide bonds. The van der Waals surface area contributed by atoms with Crippen molar-refractivity contribution in [2.24, 2.45) is 10.7 Å². The van der Waals surface area contributed by atoms with Crippen LogP contribution in [0.3, 0.4) is 0 Å². The standard InChI is InChI=1S/C11H10N4/c12-11-10-4-2-6-15(10)7-9-8(14-11)3-1-5-13-9/h1-7,13H,(H2,12,14). The number of dihydropyridines is 1. The van der Waals surface area contributed by atoms with Gasteiger partial charge in [-0.3, -0.25) is 0 Å². The molecule has 4 nitrogen and oxygen atoms in total. The highest BCUT2D eigenvalue weighted by Gasteiger charge is 2.13. The van der Waals surface area contributed by atoms with Crippen molar-refractivity contribution in [2.75, 3.05) is 0 Å². The second kappa shape index (κ2) is 2.88. The molecule has 15 heavy (non-hydrogen) atoms. The first-order valence-electron chi connectivity index (χ1n) is 4.71. The number of nitrogens with zero attached hydrogens (tertiary/aromatic N) is 2. The SMILES string of the molecule is NC1=NC2=CC=CNC2=Cn2cccc21. The van der Waals surface area contributed by atoms with E-state index in [1.165, 1.54) is 0 Å². The molecule has 0 radical (unpaired) electrons. The third-order valence-corrected chi connectivity index (χ3v) is 2.42. The molecule has 0 aliphatic carbocycles. The molecular formula is C11H10N4. The van der Waals surface area contributed by atoms with E-state index in [4.69, 9.17) is 5.73 Å². The summed E-state index contributed by atoms with van der Waals surface area (Å²) in [7, 11) is 0. The molecule has 0 unspecified atom stereocenters. The summed E-state index contributed by atoms with van der Waals surface area (Å²) >= 11 is 0. The van der Waals surface area contributed by atoms with Crippen molar-refractivity contribution >= 4 is 12.0 Å². The number of allylic oxidation sites excluding steroid dienone is 2. The topological polar surface area (TPSA) is 55.3 Å². The maximum Gasteiger partial charge on any atom is 0.148 e. The molecule has 0 atom stereocenters. The van der Waals surface area contributed by atoms with Gasteiger partial charge in [0.05, 0.1) is 17.1 Å². The molecule has 4 heteroatoms. The first-order chi connectivity index (χ1) is 7.34. The smallest absolute Gasteiger partial charge is 0.148 e. The van der Waals surface area contributed by atoms with E-state index in [1.807, 2.05) is 47.4 Å². The first kappa shape index (κ1) is 8.11. The van der Waals surface area contributed by atoms with Gasteiger partial charge in [-0.2, -0.15) is 0 Å². The third-order valence-electron chi connectivity index (χ3n) is 2.42. The summed E-state index contributed by atoms with van der Waals surface area (Å²) in [6.07, 6.45) is 9.64. The zero-order valence-electron chi connectivity index (χ0n) is 8.01. The number of fused-ring (bicyclic) bond motifs is 2. The van der Waals surface area contributed by atoms with Crippen molar-refractivity contribution in [2.45, 2.75) is 0 Å². The Bertz CT molecular complexity index is 529. The van der Waals surface area contributed by atoms with Crippen LogP contribution in [0.4, 0.5) is 0 Å². The third kappa shape index (κ3) is 1.19. The summed E-state index contributed by atoms with van der Waals surface area (Å²) in [4.78, 5) is 4.36. The van der Waals surface area contributed by atoms with Crippen LogP contribution in [-0.2, 0) is 0 Å². The van der Waals surface area contributed by atoms with Crippen LogP contribution in [0, 0.1) is 0 Å². The van der Waals surface area contributed by atoms with Gasteiger partial charge in [0, 0.05) is 18.6 Å². The number of nitrogens with one attached hydrogen (secondary N) is 1. The van der Waals surface area contributed by atoms with Crippen LogP contribution in [0.1, 0.15) is 5.69 Å². The Kier molecular flexibility index (Phi) is 1.56. The summed E-state index contributed by atoms with van der Waals surface area (Å²) in [6.45, 7) is 0. The molecule has 1 aromatic heterocycles. The lowest BCUT2D eigenvalue weighted by Crippen LogP contribution is -2.15. The molecule has 3 rings (SSSR count). The van der Waals surface area contributed by atoms with Gasteiger partial charge in [0.2, 0.25) is 0 Å². The zero-order valence-corrected chi connectivity index (χ0v) is 8.01. The molecule has 74 valence electrons. The highest BCUT2D eigenvalue weighted by molar-refractivity contribution is 5.98. The van der Waals surface area contributed by atoms with Crippen molar-refractivity contribution in [3.8, 4) is 0 Å². The highest BCUT2D eigenvalue weighted by atomic mass is 15.1. The molecule has 3 N–H and O–H groups in total. The fourth-order valence-electron chi connectivity index (χ4n) is 1.69. The molecule has 0 fully saturated rings. The quantitative estimate of drug-likeness (QED) is 0.653. The average Bonchev–Trinajstić information content (AvgIpc) is 2.64. The van der Waals surface area contributed by atoms with E-state index in [2.05, 4.69) is 10.3 Å². The summed E-state index contributed by atoms with van der Waals surface area (Å²) in [5, 5.41) is 3.14. The summed E-state index contributed by atoms with van der Waals surface area (Å²) in [6, 6.07) is 3.89. The second-order valence-electron chi connectivity index (χ2n) is 3.40. The predicted octanol–water partition coefficient (Wildman–Crippen LogP) is 1.01. The predicted molar refractivity (Wildman–Crippen MR) is 59.8 cm³/mol. The second-order valence-corrected chi connectivity index (χ2v) is 3.40. The molecule has 0 aromatic carbocycles. The number of hydrogen-bond donors (Lipinski definition) is 2. The van der Waals surface area contributed by atoms with Gasteiger partial charge in [0.15, 0.2) is 0 Å². The zero-order chi connectivity index (χ0) is 10.3. The van der Waals surface area contributed by atoms with E-state index < -0.39 is 0 Å². The van der Waals surface area contributed by atoms with Crippen LogP contribution >= 0.6 is 0 Å². The molecule has 0 spiro atoms. The maximum atomic E-state index is 5.90. The molecule has 0 saturated heterocycles. The minimum Gasteiger partial charge on any atom is -0.382 e. The van der Waals surface area contributed by atoms with Gasteiger partial charge in [0.1, 0.15) is 5.84 Å². The first-order valence-corrected chi connectivity index (χ1v) is 4.71. The van der Waals surface area contributed by atoms with Crippen molar-refractivity contribution in [1.29, 1.82) is 0 Å². The summed E-state index contributed by atoms with van der Waals surface area (Å²) in [5.41, 5.74) is 8.63. The minimum atomic E-state index is 0.537. The van der Waals surface area contributed by atoms with Crippen LogP contribution < -0.4 is 11.1 Å². The van der Waals surface area contributed by atoms with E-state index in [1.54, 1.807) is 0 Å². The van der Waals surface area contributed by atoms with Crippen LogP contribution in [0.15, 0.2) is 53.1 Å². The minimum absolute atomic E-state index is 0.537. The molecule has 0 saturated carbocycles. The molecule has 2 aliphatic heterocycles.